The van der Waals surface area contributed by atoms with Crippen molar-refractivity contribution in [3.05, 3.63) is 53.6 Å². The Morgan fingerprint density at radius 3 is 2.27 bits per heavy atom. The molecular formula is C15H12F3NO3. The van der Waals surface area contributed by atoms with Crippen molar-refractivity contribution in [1.29, 1.82) is 0 Å². The van der Waals surface area contributed by atoms with Gasteiger partial charge in [0.05, 0.1) is 18.2 Å². The number of rotatable bonds is 3. The molecule has 1 amide bonds. The summed E-state index contributed by atoms with van der Waals surface area (Å²) in [6.07, 6.45) is -4.43. The Bertz CT molecular complexity index is 681. The van der Waals surface area contributed by atoms with Crippen molar-refractivity contribution < 1.29 is 27.8 Å². The Hall–Kier alpha value is -2.70. The van der Waals surface area contributed by atoms with Gasteiger partial charge in [-0.05, 0) is 36.4 Å². The molecule has 0 saturated carbocycles. The number of benzene rings is 2. The molecule has 0 aliphatic heterocycles. The summed E-state index contributed by atoms with van der Waals surface area (Å²) >= 11 is 0. The average Bonchev–Trinajstić information content (AvgIpc) is 2.46. The molecule has 0 radical (unpaired) electrons. The van der Waals surface area contributed by atoms with Crippen LogP contribution < -0.4 is 10.1 Å². The minimum atomic E-state index is -4.43. The maximum atomic E-state index is 12.4. The standard InChI is InChI=1S/C15H12F3NO3/c1-22-11-6-7-12(13(20)8-11)14(21)19-10-4-2-9(3-5-10)15(16,17)18/h2-8,20H,1H3,(H,19,21). The summed E-state index contributed by atoms with van der Waals surface area (Å²) in [5, 5.41) is 12.1. The topological polar surface area (TPSA) is 58.6 Å². The third kappa shape index (κ3) is 3.49. The molecule has 4 nitrogen and oxygen atoms in total. The number of carbonyl (C=O) groups is 1. The van der Waals surface area contributed by atoms with Gasteiger partial charge >= 0.3 is 6.18 Å². The van der Waals surface area contributed by atoms with Gasteiger partial charge in [-0.2, -0.15) is 13.2 Å². The van der Waals surface area contributed by atoms with Crippen LogP contribution in [0.3, 0.4) is 0 Å². The molecule has 0 aliphatic carbocycles. The van der Waals surface area contributed by atoms with E-state index in [2.05, 4.69) is 5.32 Å². The lowest BCUT2D eigenvalue weighted by atomic mass is 10.1. The smallest absolute Gasteiger partial charge is 0.416 e. The molecule has 22 heavy (non-hydrogen) atoms. The van der Waals surface area contributed by atoms with Gasteiger partial charge in [0.25, 0.3) is 5.91 Å². The summed E-state index contributed by atoms with van der Waals surface area (Å²) < 4.78 is 42.2. The molecule has 0 aromatic heterocycles. The number of anilines is 1. The lowest BCUT2D eigenvalue weighted by molar-refractivity contribution is -0.137. The van der Waals surface area contributed by atoms with Crippen LogP contribution >= 0.6 is 0 Å². The van der Waals surface area contributed by atoms with Crippen LogP contribution in [-0.4, -0.2) is 18.1 Å². The molecule has 0 fully saturated rings. The third-order valence-electron chi connectivity index (χ3n) is 2.92. The summed E-state index contributed by atoms with van der Waals surface area (Å²) in [6.45, 7) is 0. The van der Waals surface area contributed by atoms with Crippen molar-refractivity contribution in [1.82, 2.24) is 0 Å². The number of hydrogen-bond acceptors (Lipinski definition) is 3. The molecule has 2 rings (SSSR count). The number of alkyl halides is 3. The van der Waals surface area contributed by atoms with Crippen molar-refractivity contribution in [2.75, 3.05) is 12.4 Å². The zero-order valence-electron chi connectivity index (χ0n) is 11.4. The van der Waals surface area contributed by atoms with E-state index in [0.717, 1.165) is 24.3 Å². The lowest BCUT2D eigenvalue weighted by Crippen LogP contribution is -2.12. The molecule has 0 aliphatic rings. The van der Waals surface area contributed by atoms with Crippen LogP contribution in [0.15, 0.2) is 42.5 Å². The number of methoxy groups -OCH3 is 1. The van der Waals surface area contributed by atoms with Crippen molar-refractivity contribution in [3.8, 4) is 11.5 Å². The molecule has 0 heterocycles. The van der Waals surface area contributed by atoms with Crippen LogP contribution in [0.5, 0.6) is 11.5 Å². The number of phenols is 1. The van der Waals surface area contributed by atoms with E-state index in [-0.39, 0.29) is 17.0 Å². The summed E-state index contributed by atoms with van der Waals surface area (Å²) in [6, 6.07) is 8.12. The van der Waals surface area contributed by atoms with Crippen LogP contribution in [0.1, 0.15) is 15.9 Å². The van der Waals surface area contributed by atoms with Gasteiger partial charge in [-0.15, -0.1) is 0 Å². The molecular weight excluding hydrogens is 299 g/mol. The fourth-order valence-corrected chi connectivity index (χ4v) is 1.77. The number of amides is 1. The predicted molar refractivity (Wildman–Crippen MR) is 74.1 cm³/mol. The van der Waals surface area contributed by atoms with Crippen molar-refractivity contribution in [3.63, 3.8) is 0 Å². The van der Waals surface area contributed by atoms with Gasteiger partial charge in [0.2, 0.25) is 0 Å². The van der Waals surface area contributed by atoms with Gasteiger partial charge in [-0.3, -0.25) is 4.79 Å². The molecule has 116 valence electrons. The van der Waals surface area contributed by atoms with Crippen molar-refractivity contribution in [2.24, 2.45) is 0 Å². The molecule has 0 spiro atoms. The Kier molecular flexibility index (Phi) is 4.25. The molecule has 2 N–H and O–H groups in total. The Balaban J connectivity index is 2.15. The molecule has 0 unspecified atom stereocenters. The maximum absolute atomic E-state index is 12.4. The van der Waals surface area contributed by atoms with E-state index in [1.165, 1.54) is 25.3 Å². The fourth-order valence-electron chi connectivity index (χ4n) is 1.77. The van der Waals surface area contributed by atoms with Gasteiger partial charge in [0.15, 0.2) is 0 Å². The molecule has 0 bridgehead atoms. The van der Waals surface area contributed by atoms with Gasteiger partial charge in [0, 0.05) is 11.8 Å². The zero-order valence-corrected chi connectivity index (χ0v) is 11.4. The average molecular weight is 311 g/mol. The summed E-state index contributed by atoms with van der Waals surface area (Å²) in [7, 11) is 1.41. The first-order valence-electron chi connectivity index (χ1n) is 6.17. The minimum absolute atomic E-state index is 0.0132. The van der Waals surface area contributed by atoms with E-state index in [4.69, 9.17) is 4.74 Å². The second kappa shape index (κ2) is 5.97. The molecule has 0 atom stereocenters. The quantitative estimate of drug-likeness (QED) is 0.909. The highest BCUT2D eigenvalue weighted by Crippen LogP contribution is 2.30. The monoisotopic (exact) mass is 311 g/mol. The number of carbonyl (C=O) groups excluding carboxylic acids is 1. The number of ether oxygens (including phenoxy) is 1. The SMILES string of the molecule is COc1ccc(C(=O)Nc2ccc(C(F)(F)F)cc2)c(O)c1. The summed E-state index contributed by atoms with van der Waals surface area (Å²) in [5.41, 5.74) is -0.633. The number of hydrogen-bond donors (Lipinski definition) is 2. The highest BCUT2D eigenvalue weighted by molar-refractivity contribution is 6.06. The first kappa shape index (κ1) is 15.7. The van der Waals surface area contributed by atoms with E-state index in [9.17, 15) is 23.1 Å². The molecule has 2 aromatic rings. The van der Waals surface area contributed by atoms with Crippen LogP contribution in [0.4, 0.5) is 18.9 Å². The second-order valence-corrected chi connectivity index (χ2v) is 4.41. The Morgan fingerprint density at radius 2 is 1.77 bits per heavy atom. The predicted octanol–water partition coefficient (Wildman–Crippen LogP) is 3.67. The highest BCUT2D eigenvalue weighted by atomic mass is 19.4. The van der Waals surface area contributed by atoms with E-state index in [1.807, 2.05) is 0 Å². The van der Waals surface area contributed by atoms with Crippen LogP contribution in [-0.2, 0) is 6.18 Å². The first-order valence-corrected chi connectivity index (χ1v) is 6.17. The van der Waals surface area contributed by atoms with Crippen molar-refractivity contribution in [2.45, 2.75) is 6.18 Å². The largest absolute Gasteiger partial charge is 0.507 e. The Labute approximate surface area is 124 Å². The Morgan fingerprint density at radius 1 is 1.14 bits per heavy atom. The molecule has 0 saturated heterocycles. The highest BCUT2D eigenvalue weighted by Gasteiger charge is 2.30. The van der Waals surface area contributed by atoms with Crippen LogP contribution in [0.25, 0.3) is 0 Å². The first-order chi connectivity index (χ1) is 10.3. The van der Waals surface area contributed by atoms with E-state index >= 15 is 0 Å². The third-order valence-corrected chi connectivity index (χ3v) is 2.92. The summed E-state index contributed by atoms with van der Waals surface area (Å²) in [4.78, 5) is 12.0. The number of phenolic OH excluding ortho intramolecular Hbond substituents is 1. The maximum Gasteiger partial charge on any atom is 0.416 e. The summed E-state index contributed by atoms with van der Waals surface area (Å²) in [5.74, 6) is -0.549. The lowest BCUT2D eigenvalue weighted by Gasteiger charge is -2.10. The number of halogens is 3. The molecule has 2 aromatic carbocycles. The van der Waals surface area contributed by atoms with Gasteiger partial charge in [-0.25, -0.2) is 0 Å². The van der Waals surface area contributed by atoms with E-state index < -0.39 is 17.6 Å². The van der Waals surface area contributed by atoms with Crippen LogP contribution in [0, 0.1) is 0 Å². The molecule has 7 heteroatoms. The van der Waals surface area contributed by atoms with Crippen LogP contribution in [0.2, 0.25) is 0 Å². The van der Waals surface area contributed by atoms with Crippen molar-refractivity contribution >= 4 is 11.6 Å². The second-order valence-electron chi connectivity index (χ2n) is 4.41. The zero-order chi connectivity index (χ0) is 16.3. The number of nitrogens with one attached hydrogen (secondary N) is 1. The minimum Gasteiger partial charge on any atom is -0.507 e. The van der Waals surface area contributed by atoms with Gasteiger partial charge in [-0.1, -0.05) is 0 Å². The normalized spacial score (nSPS) is 11.1. The fraction of sp³-hybridized carbons (Fsp3) is 0.133. The van der Waals surface area contributed by atoms with E-state index in [1.54, 1.807) is 0 Å². The van der Waals surface area contributed by atoms with Gasteiger partial charge in [0.1, 0.15) is 11.5 Å². The number of aromatic hydroxyl groups is 1. The van der Waals surface area contributed by atoms with E-state index in [0.29, 0.717) is 5.75 Å². The van der Waals surface area contributed by atoms with Gasteiger partial charge < -0.3 is 15.2 Å².